The van der Waals surface area contributed by atoms with Crippen LogP contribution in [0.2, 0.25) is 0 Å². The van der Waals surface area contributed by atoms with Crippen LogP contribution in [0, 0.1) is 6.92 Å². The zero-order valence-corrected chi connectivity index (χ0v) is 19.6. The summed E-state index contributed by atoms with van der Waals surface area (Å²) in [7, 11) is 1.99. The highest BCUT2D eigenvalue weighted by Gasteiger charge is 2.34. The van der Waals surface area contributed by atoms with Gasteiger partial charge in [-0.25, -0.2) is 0 Å². The van der Waals surface area contributed by atoms with Crippen molar-refractivity contribution in [3.8, 4) is 0 Å². The number of hydrogen-bond donors (Lipinski definition) is 1. The molecule has 1 aliphatic rings. The van der Waals surface area contributed by atoms with E-state index in [-0.39, 0.29) is 5.54 Å². The molecule has 2 rings (SSSR count). The molecule has 0 fully saturated rings. The zero-order valence-electron chi connectivity index (χ0n) is 19.6. The van der Waals surface area contributed by atoms with Gasteiger partial charge in [0.1, 0.15) is 0 Å². The first kappa shape index (κ1) is 26.4. The molecule has 1 aromatic carbocycles. The van der Waals surface area contributed by atoms with E-state index in [1.165, 1.54) is 11.1 Å². The van der Waals surface area contributed by atoms with Crippen molar-refractivity contribution in [2.24, 2.45) is 0 Å². The van der Waals surface area contributed by atoms with E-state index in [9.17, 15) is 0 Å². The molecule has 158 valence electrons. The van der Waals surface area contributed by atoms with Gasteiger partial charge in [-0.15, -0.1) is 6.58 Å². The van der Waals surface area contributed by atoms with Crippen molar-refractivity contribution >= 4 is 0 Å². The van der Waals surface area contributed by atoms with Crippen molar-refractivity contribution in [3.63, 3.8) is 0 Å². The Labute approximate surface area is 179 Å². The monoisotopic (exact) mass is 392 g/mol. The van der Waals surface area contributed by atoms with Gasteiger partial charge < -0.3 is 10.2 Å². The van der Waals surface area contributed by atoms with E-state index < -0.39 is 0 Å². The highest BCUT2D eigenvalue weighted by Crippen LogP contribution is 2.33. The van der Waals surface area contributed by atoms with Gasteiger partial charge in [0.25, 0.3) is 0 Å². The van der Waals surface area contributed by atoms with E-state index in [0.717, 1.165) is 29.0 Å². The van der Waals surface area contributed by atoms with Crippen LogP contribution < -0.4 is 5.32 Å². The summed E-state index contributed by atoms with van der Waals surface area (Å²) in [6.45, 7) is 28.8. The van der Waals surface area contributed by atoms with E-state index in [4.69, 9.17) is 0 Å². The molecule has 1 heterocycles. The number of nitrogens with one attached hydrogen (secondary N) is 1. The molecule has 2 nitrogen and oxygen atoms in total. The van der Waals surface area contributed by atoms with Gasteiger partial charge in [0.15, 0.2) is 0 Å². The third-order valence-corrected chi connectivity index (χ3v) is 4.75. The molecule has 1 N–H and O–H groups in total. The summed E-state index contributed by atoms with van der Waals surface area (Å²) in [6.07, 6.45) is 7.93. The molecule has 1 atom stereocenters. The Hall–Kier alpha value is -2.58. The topological polar surface area (TPSA) is 15.3 Å². The van der Waals surface area contributed by atoms with Crippen LogP contribution >= 0.6 is 0 Å². The maximum Gasteiger partial charge on any atom is 0.0824 e. The lowest BCUT2D eigenvalue weighted by Crippen LogP contribution is -2.49. The number of hydrogen-bond acceptors (Lipinski definition) is 2. The number of nitrogens with zero attached hydrogens (tertiary/aromatic N) is 1. The van der Waals surface area contributed by atoms with Gasteiger partial charge in [0.05, 0.1) is 5.54 Å². The van der Waals surface area contributed by atoms with E-state index >= 15 is 0 Å². The van der Waals surface area contributed by atoms with Crippen LogP contribution in [0.15, 0.2) is 97.4 Å². The molecule has 0 bridgehead atoms. The third kappa shape index (κ3) is 6.76. The Bertz CT molecular complexity index is 762. The van der Waals surface area contributed by atoms with Crippen LogP contribution in [0.5, 0.6) is 0 Å². The molecule has 1 unspecified atom stereocenters. The van der Waals surface area contributed by atoms with Gasteiger partial charge in [-0.3, -0.25) is 0 Å². The SMILES string of the molecule is C=C(C)C1=CC=CN(CC(NC)(C(=C)C)c2ccc(C)cc2)C1=C.C=CC.CC. The van der Waals surface area contributed by atoms with Crippen molar-refractivity contribution in [3.05, 3.63) is 109 Å². The van der Waals surface area contributed by atoms with Crippen LogP contribution in [0.25, 0.3) is 0 Å². The number of rotatable bonds is 6. The van der Waals surface area contributed by atoms with E-state index in [0.29, 0.717) is 0 Å². The molecule has 1 aromatic rings. The Morgan fingerprint density at radius 1 is 1.14 bits per heavy atom. The minimum Gasteiger partial charge on any atom is -0.345 e. The predicted octanol–water partition coefficient (Wildman–Crippen LogP) is 7.05. The minimum atomic E-state index is -0.349. The molecule has 2 heteroatoms. The minimum absolute atomic E-state index is 0.349. The molecule has 0 saturated carbocycles. The maximum absolute atomic E-state index is 4.27. The Kier molecular flexibility index (Phi) is 11.7. The highest BCUT2D eigenvalue weighted by molar-refractivity contribution is 5.48. The normalized spacial score (nSPS) is 14.4. The van der Waals surface area contributed by atoms with Gasteiger partial charge in [0.2, 0.25) is 0 Å². The van der Waals surface area contributed by atoms with Crippen molar-refractivity contribution in [1.82, 2.24) is 10.2 Å². The summed E-state index contributed by atoms with van der Waals surface area (Å²) < 4.78 is 0. The van der Waals surface area contributed by atoms with Crippen LogP contribution in [-0.2, 0) is 5.54 Å². The van der Waals surface area contributed by atoms with Crippen molar-refractivity contribution in [1.29, 1.82) is 0 Å². The van der Waals surface area contributed by atoms with Crippen LogP contribution in [-0.4, -0.2) is 18.5 Å². The van der Waals surface area contributed by atoms with E-state index in [1.807, 2.05) is 40.8 Å². The summed E-state index contributed by atoms with van der Waals surface area (Å²) >= 11 is 0. The van der Waals surface area contributed by atoms with Crippen molar-refractivity contribution in [2.45, 2.75) is 47.1 Å². The lowest BCUT2D eigenvalue weighted by atomic mass is 9.82. The third-order valence-electron chi connectivity index (χ3n) is 4.75. The lowest BCUT2D eigenvalue weighted by Gasteiger charge is -2.41. The molecule has 0 aliphatic carbocycles. The standard InChI is InChI=1S/C22H28N2.C3H6.C2H6/c1-16(2)21-9-8-14-24(19(21)6)15-22(23-7,17(3)4)20-12-10-18(5)11-13-20;1-3-2;1-2/h8-14,23H,1,3,6,15H2,2,4-5,7H3;3H,1H2,2H3;1-2H3. The first-order valence-electron chi connectivity index (χ1n) is 10.2. The van der Waals surface area contributed by atoms with Gasteiger partial charge in [0, 0.05) is 18.4 Å². The number of allylic oxidation sites excluding steroid dienone is 4. The summed E-state index contributed by atoms with van der Waals surface area (Å²) in [6, 6.07) is 8.63. The number of aryl methyl sites for hydroxylation is 1. The van der Waals surface area contributed by atoms with Gasteiger partial charge in [-0.05, 0) is 57.5 Å². The fourth-order valence-electron chi connectivity index (χ4n) is 3.12. The average molecular weight is 393 g/mol. The van der Waals surface area contributed by atoms with Gasteiger partial charge >= 0.3 is 0 Å². The number of benzene rings is 1. The molecule has 0 radical (unpaired) electrons. The first-order valence-corrected chi connectivity index (χ1v) is 10.2. The van der Waals surface area contributed by atoms with Crippen LogP contribution in [0.4, 0.5) is 0 Å². The highest BCUT2D eigenvalue weighted by atomic mass is 15.2. The molecular weight excluding hydrogens is 352 g/mol. The van der Waals surface area contributed by atoms with Crippen molar-refractivity contribution < 1.29 is 0 Å². The number of likely N-dealkylation sites (N-methyl/N-ethyl adjacent to an activating group) is 1. The second-order valence-corrected chi connectivity index (χ2v) is 6.99. The fraction of sp³-hybridized carbons (Fsp3) is 0.333. The first-order chi connectivity index (χ1) is 13.7. The lowest BCUT2D eigenvalue weighted by molar-refractivity contribution is 0.313. The van der Waals surface area contributed by atoms with Crippen LogP contribution in [0.3, 0.4) is 0 Å². The molecule has 0 saturated heterocycles. The smallest absolute Gasteiger partial charge is 0.0824 e. The summed E-state index contributed by atoms with van der Waals surface area (Å²) in [4.78, 5) is 2.18. The molecular formula is C27H40N2. The van der Waals surface area contributed by atoms with Crippen molar-refractivity contribution in [2.75, 3.05) is 13.6 Å². The quantitative estimate of drug-likeness (QED) is 0.522. The summed E-state index contributed by atoms with van der Waals surface area (Å²) in [5, 5.41) is 3.50. The predicted molar refractivity (Wildman–Crippen MR) is 132 cm³/mol. The molecule has 0 aromatic heterocycles. The molecule has 1 aliphatic heterocycles. The summed E-state index contributed by atoms with van der Waals surface area (Å²) in [5.41, 5.74) is 6.26. The van der Waals surface area contributed by atoms with E-state index in [1.54, 1.807) is 6.08 Å². The molecule has 0 spiro atoms. The van der Waals surface area contributed by atoms with Gasteiger partial charge in [-0.1, -0.05) is 81.1 Å². The largest absolute Gasteiger partial charge is 0.345 e. The maximum atomic E-state index is 4.27. The fourth-order valence-corrected chi connectivity index (χ4v) is 3.12. The van der Waals surface area contributed by atoms with Crippen LogP contribution in [0.1, 0.15) is 45.7 Å². The Morgan fingerprint density at radius 2 is 1.66 bits per heavy atom. The second kappa shape index (κ2) is 12.8. The van der Waals surface area contributed by atoms with E-state index in [2.05, 4.69) is 86.9 Å². The Balaban J connectivity index is 0.00000143. The molecule has 29 heavy (non-hydrogen) atoms. The zero-order chi connectivity index (χ0) is 22.6. The second-order valence-electron chi connectivity index (χ2n) is 6.99. The Morgan fingerprint density at radius 3 is 2.07 bits per heavy atom. The molecule has 0 amide bonds. The summed E-state index contributed by atoms with van der Waals surface area (Å²) in [5.74, 6) is 0. The van der Waals surface area contributed by atoms with Gasteiger partial charge in [-0.2, -0.15) is 0 Å². The average Bonchev–Trinajstić information content (AvgIpc) is 2.70.